The van der Waals surface area contributed by atoms with E-state index in [1.807, 2.05) is 0 Å². The van der Waals surface area contributed by atoms with Crippen LogP contribution >= 0.6 is 0 Å². The Hall–Kier alpha value is -1.82. The lowest BCUT2D eigenvalue weighted by Gasteiger charge is -2.07. The maximum Gasteiger partial charge on any atom is 0.416 e. The van der Waals surface area contributed by atoms with Crippen molar-refractivity contribution in [3.63, 3.8) is 0 Å². The van der Waals surface area contributed by atoms with Gasteiger partial charge in [0, 0.05) is 17.8 Å². The van der Waals surface area contributed by atoms with Crippen molar-refractivity contribution >= 4 is 0 Å². The molecular weight excluding hydrogens is 243 g/mol. The average molecular weight is 255 g/mol. The van der Waals surface area contributed by atoms with Crippen LogP contribution in [0.3, 0.4) is 0 Å². The number of aromatic amines is 1. The van der Waals surface area contributed by atoms with E-state index in [-0.39, 0.29) is 0 Å². The van der Waals surface area contributed by atoms with Crippen molar-refractivity contribution in [1.29, 1.82) is 0 Å². The average Bonchev–Trinajstić information content (AvgIpc) is 2.77. The summed E-state index contributed by atoms with van der Waals surface area (Å²) in [5.41, 5.74) is 1.11. The molecule has 0 fully saturated rings. The van der Waals surface area contributed by atoms with Crippen molar-refractivity contribution < 1.29 is 13.2 Å². The molecule has 0 saturated heterocycles. The van der Waals surface area contributed by atoms with Gasteiger partial charge in [0.2, 0.25) is 0 Å². The normalized spacial score (nSPS) is 11.8. The number of nitrogens with one attached hydrogen (secondary N) is 2. The molecule has 0 atom stereocenters. The van der Waals surface area contributed by atoms with Gasteiger partial charge in [-0.05, 0) is 25.2 Å². The van der Waals surface area contributed by atoms with Crippen LogP contribution in [-0.4, -0.2) is 17.2 Å². The van der Waals surface area contributed by atoms with Gasteiger partial charge < -0.3 is 5.32 Å². The zero-order chi connectivity index (χ0) is 13.2. The fraction of sp³-hybridized carbons (Fsp3) is 0.250. The van der Waals surface area contributed by atoms with Gasteiger partial charge in [-0.15, -0.1) is 0 Å². The standard InChI is InChI=1S/C12H12F3N3/c1-16-7-10-6-11(18-17-10)8-3-2-4-9(5-8)12(13,14)15/h2-6,16H,7H2,1H3,(H,17,18). The number of H-pyrrole nitrogens is 1. The minimum Gasteiger partial charge on any atom is -0.314 e. The molecule has 1 aromatic carbocycles. The first kappa shape index (κ1) is 12.6. The summed E-state index contributed by atoms with van der Waals surface area (Å²) in [5.74, 6) is 0. The minimum absolute atomic E-state index is 0.448. The Bertz CT molecular complexity index is 531. The van der Waals surface area contributed by atoms with Crippen molar-refractivity contribution in [2.45, 2.75) is 12.7 Å². The molecule has 0 radical (unpaired) electrons. The molecule has 0 aliphatic rings. The van der Waals surface area contributed by atoms with Crippen LogP contribution in [0.1, 0.15) is 11.3 Å². The molecule has 0 spiro atoms. The third-order valence-electron chi connectivity index (χ3n) is 2.48. The van der Waals surface area contributed by atoms with E-state index in [0.29, 0.717) is 17.8 Å². The van der Waals surface area contributed by atoms with Crippen molar-refractivity contribution in [3.8, 4) is 11.3 Å². The second-order valence-corrected chi connectivity index (χ2v) is 3.89. The van der Waals surface area contributed by atoms with Gasteiger partial charge in [-0.25, -0.2) is 0 Å². The molecule has 3 nitrogen and oxygen atoms in total. The topological polar surface area (TPSA) is 40.7 Å². The van der Waals surface area contributed by atoms with Crippen LogP contribution in [0.2, 0.25) is 0 Å². The number of hydrogen-bond donors (Lipinski definition) is 2. The molecule has 6 heteroatoms. The molecule has 1 aromatic heterocycles. The third-order valence-corrected chi connectivity index (χ3v) is 2.48. The SMILES string of the molecule is CNCc1cc(-c2cccc(C(F)(F)F)c2)n[nH]1. The molecule has 0 bridgehead atoms. The highest BCUT2D eigenvalue weighted by Crippen LogP contribution is 2.31. The van der Waals surface area contributed by atoms with Crippen molar-refractivity contribution in [2.24, 2.45) is 0 Å². The maximum absolute atomic E-state index is 12.6. The highest BCUT2D eigenvalue weighted by molar-refractivity contribution is 5.60. The quantitative estimate of drug-likeness (QED) is 0.885. The fourth-order valence-electron chi connectivity index (χ4n) is 1.65. The van der Waals surface area contributed by atoms with E-state index >= 15 is 0 Å². The van der Waals surface area contributed by atoms with E-state index in [1.54, 1.807) is 19.2 Å². The molecule has 0 saturated carbocycles. The van der Waals surface area contributed by atoms with Crippen LogP contribution in [0.4, 0.5) is 13.2 Å². The molecule has 18 heavy (non-hydrogen) atoms. The van der Waals surface area contributed by atoms with Gasteiger partial charge >= 0.3 is 6.18 Å². The minimum atomic E-state index is -4.33. The molecule has 96 valence electrons. The zero-order valence-corrected chi connectivity index (χ0v) is 9.67. The Balaban J connectivity index is 2.32. The lowest BCUT2D eigenvalue weighted by Crippen LogP contribution is -2.04. The second-order valence-electron chi connectivity index (χ2n) is 3.89. The van der Waals surface area contributed by atoms with Gasteiger partial charge in [-0.3, -0.25) is 5.10 Å². The summed E-state index contributed by atoms with van der Waals surface area (Å²) in [6, 6.07) is 6.86. The number of nitrogens with zero attached hydrogens (tertiary/aromatic N) is 1. The number of aromatic nitrogens is 2. The van der Waals surface area contributed by atoms with Crippen molar-refractivity contribution in [2.75, 3.05) is 7.05 Å². The largest absolute Gasteiger partial charge is 0.416 e. The van der Waals surface area contributed by atoms with Gasteiger partial charge in [-0.2, -0.15) is 18.3 Å². The molecular formula is C12H12F3N3. The molecule has 0 aliphatic heterocycles. The summed E-state index contributed by atoms with van der Waals surface area (Å²) in [6.45, 7) is 0.589. The second kappa shape index (κ2) is 4.81. The van der Waals surface area contributed by atoms with Gasteiger partial charge in [-0.1, -0.05) is 12.1 Å². The number of alkyl halides is 3. The Morgan fingerprint density at radius 2 is 2.06 bits per heavy atom. The summed E-state index contributed by atoms with van der Waals surface area (Å²) >= 11 is 0. The molecule has 0 unspecified atom stereocenters. The highest BCUT2D eigenvalue weighted by atomic mass is 19.4. The number of halogens is 3. The van der Waals surface area contributed by atoms with Crippen LogP contribution in [0.15, 0.2) is 30.3 Å². The first-order valence-corrected chi connectivity index (χ1v) is 5.37. The van der Waals surface area contributed by atoms with Crippen LogP contribution in [0, 0.1) is 0 Å². The van der Waals surface area contributed by atoms with Gasteiger partial charge in [0.25, 0.3) is 0 Å². The third kappa shape index (κ3) is 2.70. The number of rotatable bonds is 3. The first-order chi connectivity index (χ1) is 8.50. The Kier molecular flexibility index (Phi) is 3.38. The summed E-state index contributed by atoms with van der Waals surface area (Å²) in [7, 11) is 1.78. The zero-order valence-electron chi connectivity index (χ0n) is 9.67. The monoisotopic (exact) mass is 255 g/mol. The molecule has 0 aliphatic carbocycles. The molecule has 0 amide bonds. The van der Waals surface area contributed by atoms with Gasteiger partial charge in [0.05, 0.1) is 11.3 Å². The van der Waals surface area contributed by atoms with Crippen LogP contribution in [0.25, 0.3) is 11.3 Å². The van der Waals surface area contributed by atoms with E-state index in [9.17, 15) is 13.2 Å². The first-order valence-electron chi connectivity index (χ1n) is 5.37. The van der Waals surface area contributed by atoms with Gasteiger partial charge in [0.1, 0.15) is 0 Å². The summed E-state index contributed by atoms with van der Waals surface area (Å²) < 4.78 is 37.7. The van der Waals surface area contributed by atoms with E-state index < -0.39 is 11.7 Å². The smallest absolute Gasteiger partial charge is 0.314 e. The Labute approximate surface area is 102 Å². The number of benzene rings is 1. The fourth-order valence-corrected chi connectivity index (χ4v) is 1.65. The number of hydrogen-bond acceptors (Lipinski definition) is 2. The van der Waals surface area contributed by atoms with E-state index in [4.69, 9.17) is 0 Å². The summed E-state index contributed by atoms with van der Waals surface area (Å²) in [4.78, 5) is 0. The lowest BCUT2D eigenvalue weighted by molar-refractivity contribution is -0.137. The Morgan fingerprint density at radius 3 is 2.72 bits per heavy atom. The predicted octanol–water partition coefficient (Wildman–Crippen LogP) is 2.81. The van der Waals surface area contributed by atoms with E-state index in [1.165, 1.54) is 6.07 Å². The van der Waals surface area contributed by atoms with Crippen LogP contribution < -0.4 is 5.32 Å². The predicted molar refractivity (Wildman–Crippen MR) is 61.8 cm³/mol. The van der Waals surface area contributed by atoms with Gasteiger partial charge in [0.15, 0.2) is 0 Å². The van der Waals surface area contributed by atoms with E-state index in [0.717, 1.165) is 17.8 Å². The maximum atomic E-state index is 12.6. The van der Waals surface area contributed by atoms with Crippen LogP contribution in [-0.2, 0) is 12.7 Å². The molecule has 2 rings (SSSR count). The highest BCUT2D eigenvalue weighted by Gasteiger charge is 2.30. The van der Waals surface area contributed by atoms with Crippen LogP contribution in [0.5, 0.6) is 0 Å². The summed E-state index contributed by atoms with van der Waals surface area (Å²) in [5, 5.41) is 9.70. The molecule has 2 aromatic rings. The lowest BCUT2D eigenvalue weighted by atomic mass is 10.1. The molecule has 2 N–H and O–H groups in total. The molecule has 1 heterocycles. The Morgan fingerprint density at radius 1 is 1.28 bits per heavy atom. The van der Waals surface area contributed by atoms with E-state index in [2.05, 4.69) is 15.5 Å². The summed E-state index contributed by atoms with van der Waals surface area (Å²) in [6.07, 6.45) is -4.33. The van der Waals surface area contributed by atoms with Crippen molar-refractivity contribution in [1.82, 2.24) is 15.5 Å². The van der Waals surface area contributed by atoms with Crippen molar-refractivity contribution in [3.05, 3.63) is 41.6 Å².